The van der Waals surface area contributed by atoms with Crippen LogP contribution in [0.4, 0.5) is 0 Å². The lowest BCUT2D eigenvalue weighted by Crippen LogP contribution is -2.12. The Bertz CT molecular complexity index is 1140. The fourth-order valence-corrected chi connectivity index (χ4v) is 4.49. The Morgan fingerprint density at radius 2 is 2.04 bits per heavy atom. The van der Waals surface area contributed by atoms with Crippen molar-refractivity contribution in [2.45, 2.75) is 13.0 Å². The summed E-state index contributed by atoms with van der Waals surface area (Å²) in [6, 6.07) is 15.5. The number of nitrogens with zero attached hydrogens (tertiary/aromatic N) is 2. The zero-order valence-corrected chi connectivity index (χ0v) is 16.8. The van der Waals surface area contributed by atoms with Gasteiger partial charge in [-0.05, 0) is 25.1 Å². The lowest BCUT2D eigenvalue weighted by molar-refractivity contribution is 0.0998. The number of aromatic nitrogens is 2. The first-order valence-electron chi connectivity index (χ1n) is 8.32. The average Bonchev–Trinajstić information content (AvgIpc) is 3.26. The summed E-state index contributed by atoms with van der Waals surface area (Å²) in [6.07, 6.45) is 3.47. The predicted molar refractivity (Wildman–Crippen MR) is 110 cm³/mol. The number of carbonyl (C=O) groups is 1. The molecule has 0 saturated heterocycles. The Kier molecular flexibility index (Phi) is 4.72. The number of carbonyl (C=O) groups excluding carboxylic acids is 1. The molecule has 27 heavy (non-hydrogen) atoms. The molecule has 3 aromatic heterocycles. The molecule has 0 unspecified atom stereocenters. The van der Waals surface area contributed by atoms with Gasteiger partial charge in [-0.15, -0.1) is 11.3 Å². The minimum absolute atomic E-state index is 0.247. The maximum Gasteiger partial charge on any atom is 0.262 e. The Labute approximate surface area is 168 Å². The number of thiophene rings is 1. The van der Waals surface area contributed by atoms with Crippen molar-refractivity contribution >= 4 is 38.8 Å². The number of imidazole rings is 1. The second-order valence-corrected chi connectivity index (χ2v) is 7.93. The lowest BCUT2D eigenvalue weighted by Gasteiger charge is -2.16. The van der Waals surface area contributed by atoms with Crippen LogP contribution in [-0.2, 0) is 0 Å². The zero-order chi connectivity index (χ0) is 19.0. The second kappa shape index (κ2) is 7.17. The Morgan fingerprint density at radius 3 is 2.81 bits per heavy atom. The van der Waals surface area contributed by atoms with Crippen molar-refractivity contribution in [2.75, 3.05) is 0 Å². The summed E-state index contributed by atoms with van der Waals surface area (Å²) in [4.78, 5) is 17.6. The molecule has 0 radical (unpaired) electrons. The van der Waals surface area contributed by atoms with Crippen LogP contribution in [0, 0.1) is 0 Å². The highest BCUT2D eigenvalue weighted by molar-refractivity contribution is 9.10. The van der Waals surface area contributed by atoms with Gasteiger partial charge in [0.15, 0.2) is 0 Å². The van der Waals surface area contributed by atoms with Crippen LogP contribution in [0.3, 0.4) is 0 Å². The van der Waals surface area contributed by atoms with Gasteiger partial charge in [0.1, 0.15) is 22.4 Å². The molecule has 7 heteroatoms. The fraction of sp³-hybridized carbons (Fsp3) is 0.100. The fourth-order valence-electron chi connectivity index (χ4n) is 2.93. The molecule has 4 rings (SSSR count). The van der Waals surface area contributed by atoms with Gasteiger partial charge in [-0.1, -0.05) is 40.2 Å². The number of hydrogen-bond acceptors (Lipinski definition) is 4. The summed E-state index contributed by atoms with van der Waals surface area (Å²) in [5, 5.41) is 0. The van der Waals surface area contributed by atoms with E-state index in [4.69, 9.17) is 10.5 Å². The van der Waals surface area contributed by atoms with E-state index in [-0.39, 0.29) is 6.10 Å². The van der Waals surface area contributed by atoms with Gasteiger partial charge >= 0.3 is 0 Å². The van der Waals surface area contributed by atoms with Gasteiger partial charge in [0.25, 0.3) is 5.91 Å². The van der Waals surface area contributed by atoms with E-state index in [1.807, 2.05) is 66.1 Å². The normalized spacial score (nSPS) is 12.2. The second-order valence-electron chi connectivity index (χ2n) is 6.02. The number of rotatable bonds is 5. The highest BCUT2D eigenvalue weighted by Crippen LogP contribution is 2.39. The van der Waals surface area contributed by atoms with Crippen LogP contribution in [0.15, 0.2) is 65.4 Å². The largest absolute Gasteiger partial charge is 0.484 e. The number of nitrogens with two attached hydrogens (primary N) is 1. The monoisotopic (exact) mass is 441 g/mol. The zero-order valence-electron chi connectivity index (χ0n) is 14.4. The first-order valence-corrected chi connectivity index (χ1v) is 9.92. The van der Waals surface area contributed by atoms with E-state index < -0.39 is 5.91 Å². The summed E-state index contributed by atoms with van der Waals surface area (Å²) >= 11 is 4.85. The van der Waals surface area contributed by atoms with Crippen molar-refractivity contribution in [2.24, 2.45) is 5.73 Å². The first-order chi connectivity index (χ1) is 13.0. The number of ether oxygens (including phenoxy) is 1. The van der Waals surface area contributed by atoms with Crippen molar-refractivity contribution in [3.63, 3.8) is 0 Å². The Morgan fingerprint density at radius 1 is 1.26 bits per heavy atom. The standard InChI is InChI=1S/C20H16BrN3O2S/c1-12(13-6-2-3-7-14(13)21)26-16-10-17(27-19(16)20(22)25)15-11-23-18-8-4-5-9-24(15)18/h2-12H,1H3,(H2,22,25)/t12-/m0/s1. The molecule has 5 nitrogen and oxygen atoms in total. The van der Waals surface area contributed by atoms with Crippen LogP contribution < -0.4 is 10.5 Å². The molecule has 0 aliphatic heterocycles. The SMILES string of the molecule is C[C@H](Oc1cc(-c2cnc3ccccn23)sc1C(N)=O)c1ccccc1Br. The van der Waals surface area contributed by atoms with Crippen molar-refractivity contribution in [1.29, 1.82) is 0 Å². The molecule has 3 heterocycles. The van der Waals surface area contributed by atoms with Crippen LogP contribution in [0.25, 0.3) is 16.2 Å². The number of hydrogen-bond donors (Lipinski definition) is 1. The Balaban J connectivity index is 1.73. The first kappa shape index (κ1) is 17.8. The average molecular weight is 442 g/mol. The third kappa shape index (κ3) is 3.36. The minimum Gasteiger partial charge on any atom is -0.484 e. The summed E-state index contributed by atoms with van der Waals surface area (Å²) in [6.45, 7) is 1.94. The van der Waals surface area contributed by atoms with E-state index in [2.05, 4.69) is 20.9 Å². The smallest absolute Gasteiger partial charge is 0.262 e. The van der Waals surface area contributed by atoms with E-state index in [9.17, 15) is 4.79 Å². The van der Waals surface area contributed by atoms with Crippen LogP contribution in [0.1, 0.15) is 28.3 Å². The van der Waals surface area contributed by atoms with E-state index in [0.29, 0.717) is 10.6 Å². The van der Waals surface area contributed by atoms with Crippen LogP contribution in [-0.4, -0.2) is 15.3 Å². The molecule has 1 atom stereocenters. The number of primary amides is 1. The molecular weight excluding hydrogens is 426 g/mol. The van der Waals surface area contributed by atoms with Gasteiger partial charge in [-0.3, -0.25) is 9.20 Å². The third-order valence-electron chi connectivity index (χ3n) is 4.24. The lowest BCUT2D eigenvalue weighted by atomic mass is 10.1. The molecule has 0 saturated carbocycles. The molecule has 0 fully saturated rings. The predicted octanol–water partition coefficient (Wildman–Crippen LogP) is 5.06. The van der Waals surface area contributed by atoms with Crippen molar-refractivity contribution in [3.05, 3.63) is 75.8 Å². The minimum atomic E-state index is -0.505. The van der Waals surface area contributed by atoms with E-state index in [1.54, 1.807) is 6.20 Å². The van der Waals surface area contributed by atoms with Gasteiger partial charge < -0.3 is 10.5 Å². The summed E-state index contributed by atoms with van der Waals surface area (Å²) in [5.41, 5.74) is 8.32. The number of benzene rings is 1. The van der Waals surface area contributed by atoms with Crippen LogP contribution in [0.5, 0.6) is 5.75 Å². The maximum absolute atomic E-state index is 12.0. The van der Waals surface area contributed by atoms with Crippen molar-refractivity contribution < 1.29 is 9.53 Å². The molecule has 0 bridgehead atoms. The molecule has 0 aliphatic carbocycles. The summed E-state index contributed by atoms with van der Waals surface area (Å²) < 4.78 is 9.04. The highest BCUT2D eigenvalue weighted by Gasteiger charge is 2.21. The number of amides is 1. The third-order valence-corrected chi connectivity index (χ3v) is 6.11. The maximum atomic E-state index is 12.0. The molecule has 1 amide bonds. The number of halogens is 1. The number of pyridine rings is 1. The molecule has 1 aromatic carbocycles. The topological polar surface area (TPSA) is 69.6 Å². The van der Waals surface area contributed by atoms with Gasteiger partial charge in [-0.2, -0.15) is 0 Å². The molecule has 2 N–H and O–H groups in total. The van der Waals surface area contributed by atoms with E-state index in [0.717, 1.165) is 26.3 Å². The van der Waals surface area contributed by atoms with Gasteiger partial charge in [-0.25, -0.2) is 4.98 Å². The van der Waals surface area contributed by atoms with Gasteiger partial charge in [0.2, 0.25) is 0 Å². The van der Waals surface area contributed by atoms with Crippen molar-refractivity contribution in [3.8, 4) is 16.3 Å². The summed E-state index contributed by atoms with van der Waals surface area (Å²) in [7, 11) is 0. The highest BCUT2D eigenvalue weighted by atomic mass is 79.9. The number of fused-ring (bicyclic) bond motifs is 1. The molecular formula is C20H16BrN3O2S. The molecule has 4 aromatic rings. The molecule has 0 aliphatic rings. The van der Waals surface area contributed by atoms with Gasteiger partial charge in [0, 0.05) is 22.3 Å². The van der Waals surface area contributed by atoms with Crippen molar-refractivity contribution in [1.82, 2.24) is 9.38 Å². The molecule has 0 spiro atoms. The van der Waals surface area contributed by atoms with Gasteiger partial charge in [0.05, 0.1) is 16.8 Å². The van der Waals surface area contributed by atoms with Crippen LogP contribution in [0.2, 0.25) is 0 Å². The van der Waals surface area contributed by atoms with E-state index >= 15 is 0 Å². The van der Waals surface area contributed by atoms with Crippen LogP contribution >= 0.6 is 27.3 Å². The Hall–Kier alpha value is -2.64. The quantitative estimate of drug-likeness (QED) is 0.470. The van der Waals surface area contributed by atoms with E-state index in [1.165, 1.54) is 11.3 Å². The molecule has 136 valence electrons. The summed E-state index contributed by atoms with van der Waals surface area (Å²) in [5.74, 6) is -0.0222.